The van der Waals surface area contributed by atoms with Gasteiger partial charge in [0.2, 0.25) is 0 Å². The molecule has 0 bridgehead atoms. The topological polar surface area (TPSA) is 12.0 Å². The first kappa shape index (κ1) is 8.89. The van der Waals surface area contributed by atoms with E-state index in [0.29, 0.717) is 0 Å². The maximum atomic E-state index is 3.47. The van der Waals surface area contributed by atoms with Crippen LogP contribution >= 0.6 is 11.8 Å². The Bertz CT molecular complexity index is 126. The number of hydrogen-bond donors (Lipinski definition) is 1. The van der Waals surface area contributed by atoms with Gasteiger partial charge in [0, 0.05) is 5.25 Å². The molecule has 1 N–H and O–H groups in total. The standard InChI is InChI=1S/C10H19NS/c1-2-9(5-7-11-6-1)8-12-10-3-4-10/h9-11H,1-8H2. The Kier molecular flexibility index (Phi) is 3.35. The molecule has 0 aromatic heterocycles. The van der Waals surface area contributed by atoms with E-state index < -0.39 is 0 Å². The quantitative estimate of drug-likeness (QED) is 0.724. The average molecular weight is 185 g/mol. The van der Waals surface area contributed by atoms with E-state index in [4.69, 9.17) is 0 Å². The molecule has 0 amide bonds. The highest BCUT2D eigenvalue weighted by Crippen LogP contribution is 2.36. The zero-order valence-electron chi connectivity index (χ0n) is 7.72. The highest BCUT2D eigenvalue weighted by atomic mass is 32.2. The predicted octanol–water partition coefficient (Wildman–Crippen LogP) is 2.27. The van der Waals surface area contributed by atoms with Crippen LogP contribution in [0, 0.1) is 5.92 Å². The Morgan fingerprint density at radius 2 is 2.00 bits per heavy atom. The van der Waals surface area contributed by atoms with E-state index in [1.54, 1.807) is 0 Å². The number of thioether (sulfide) groups is 1. The average Bonchev–Trinajstić information content (AvgIpc) is 2.90. The highest BCUT2D eigenvalue weighted by Gasteiger charge is 2.23. The maximum Gasteiger partial charge on any atom is 0.00479 e. The van der Waals surface area contributed by atoms with Crippen LogP contribution < -0.4 is 5.32 Å². The summed E-state index contributed by atoms with van der Waals surface area (Å²) < 4.78 is 0. The second kappa shape index (κ2) is 4.52. The van der Waals surface area contributed by atoms with Gasteiger partial charge < -0.3 is 5.32 Å². The van der Waals surface area contributed by atoms with Crippen molar-refractivity contribution in [3.05, 3.63) is 0 Å². The monoisotopic (exact) mass is 185 g/mol. The zero-order chi connectivity index (χ0) is 8.23. The molecule has 1 aliphatic carbocycles. The predicted molar refractivity (Wildman–Crippen MR) is 55.7 cm³/mol. The first-order valence-electron chi connectivity index (χ1n) is 5.27. The number of nitrogens with one attached hydrogen (secondary N) is 1. The first-order chi connectivity index (χ1) is 5.95. The van der Waals surface area contributed by atoms with Crippen molar-refractivity contribution in [2.45, 2.75) is 37.4 Å². The Labute approximate surface area is 79.7 Å². The lowest BCUT2D eigenvalue weighted by Gasteiger charge is -2.11. The van der Waals surface area contributed by atoms with E-state index in [2.05, 4.69) is 17.1 Å². The third kappa shape index (κ3) is 2.98. The molecular formula is C10H19NS. The van der Waals surface area contributed by atoms with Gasteiger partial charge in [0.05, 0.1) is 0 Å². The minimum Gasteiger partial charge on any atom is -0.317 e. The lowest BCUT2D eigenvalue weighted by Crippen LogP contribution is -2.14. The molecule has 1 atom stereocenters. The highest BCUT2D eigenvalue weighted by molar-refractivity contribution is 8.00. The molecule has 2 fully saturated rings. The van der Waals surface area contributed by atoms with Crippen molar-refractivity contribution >= 4 is 11.8 Å². The van der Waals surface area contributed by atoms with Gasteiger partial charge in [-0.15, -0.1) is 0 Å². The lowest BCUT2D eigenvalue weighted by atomic mass is 10.0. The van der Waals surface area contributed by atoms with Crippen LogP contribution in [0.15, 0.2) is 0 Å². The molecule has 1 heterocycles. The van der Waals surface area contributed by atoms with Crippen LogP contribution in [0.25, 0.3) is 0 Å². The van der Waals surface area contributed by atoms with Crippen molar-refractivity contribution in [3.63, 3.8) is 0 Å². The molecule has 1 aliphatic heterocycles. The number of rotatable bonds is 3. The van der Waals surface area contributed by atoms with Gasteiger partial charge in [0.1, 0.15) is 0 Å². The molecule has 70 valence electrons. The Hall–Kier alpha value is 0.310. The summed E-state index contributed by atoms with van der Waals surface area (Å²) in [5, 5.41) is 4.53. The molecule has 1 nitrogen and oxygen atoms in total. The normalized spacial score (nSPS) is 31.5. The minimum atomic E-state index is 1.02. The van der Waals surface area contributed by atoms with Gasteiger partial charge in [0.25, 0.3) is 0 Å². The van der Waals surface area contributed by atoms with Crippen molar-refractivity contribution in [1.29, 1.82) is 0 Å². The van der Waals surface area contributed by atoms with Gasteiger partial charge in [0.15, 0.2) is 0 Å². The molecule has 0 radical (unpaired) electrons. The van der Waals surface area contributed by atoms with Crippen LogP contribution in [0.2, 0.25) is 0 Å². The summed E-state index contributed by atoms with van der Waals surface area (Å²) in [5.74, 6) is 2.46. The van der Waals surface area contributed by atoms with E-state index in [0.717, 1.165) is 11.2 Å². The fourth-order valence-electron chi connectivity index (χ4n) is 1.76. The summed E-state index contributed by atoms with van der Waals surface area (Å²) in [6, 6.07) is 0. The summed E-state index contributed by atoms with van der Waals surface area (Å²) in [5.41, 5.74) is 0. The van der Waals surface area contributed by atoms with Crippen LogP contribution in [-0.4, -0.2) is 24.1 Å². The number of hydrogen-bond acceptors (Lipinski definition) is 2. The van der Waals surface area contributed by atoms with Crippen molar-refractivity contribution in [2.75, 3.05) is 18.8 Å². The fraction of sp³-hybridized carbons (Fsp3) is 1.00. The molecule has 0 aromatic carbocycles. The molecule has 2 aliphatic rings. The van der Waals surface area contributed by atoms with Crippen LogP contribution in [0.1, 0.15) is 32.1 Å². The molecular weight excluding hydrogens is 166 g/mol. The van der Waals surface area contributed by atoms with Crippen LogP contribution in [0.4, 0.5) is 0 Å². The first-order valence-corrected chi connectivity index (χ1v) is 6.32. The molecule has 0 spiro atoms. The zero-order valence-corrected chi connectivity index (χ0v) is 8.54. The van der Waals surface area contributed by atoms with Gasteiger partial charge in [-0.2, -0.15) is 11.8 Å². The largest absolute Gasteiger partial charge is 0.317 e. The molecule has 1 saturated heterocycles. The van der Waals surface area contributed by atoms with Crippen molar-refractivity contribution in [2.24, 2.45) is 5.92 Å². The SMILES string of the molecule is C1CNCCC(CSC2CC2)C1. The van der Waals surface area contributed by atoms with Gasteiger partial charge in [-0.3, -0.25) is 0 Å². The maximum absolute atomic E-state index is 3.47. The van der Waals surface area contributed by atoms with Crippen LogP contribution in [0.3, 0.4) is 0 Å². The van der Waals surface area contributed by atoms with Gasteiger partial charge in [-0.25, -0.2) is 0 Å². The smallest absolute Gasteiger partial charge is 0.00479 e. The molecule has 0 aromatic rings. The molecule has 1 unspecified atom stereocenters. The Morgan fingerprint density at radius 1 is 1.08 bits per heavy atom. The molecule has 1 saturated carbocycles. The molecule has 2 heteroatoms. The Balaban J connectivity index is 1.62. The lowest BCUT2D eigenvalue weighted by molar-refractivity contribution is 0.528. The molecule has 2 rings (SSSR count). The fourth-order valence-corrected chi connectivity index (χ4v) is 3.11. The van der Waals surface area contributed by atoms with E-state index in [1.807, 2.05) is 0 Å². The third-order valence-corrected chi connectivity index (χ3v) is 4.39. The van der Waals surface area contributed by atoms with Gasteiger partial charge >= 0.3 is 0 Å². The summed E-state index contributed by atoms with van der Waals surface area (Å²) in [6.07, 6.45) is 7.27. The summed E-state index contributed by atoms with van der Waals surface area (Å²) in [4.78, 5) is 0. The second-order valence-electron chi connectivity index (χ2n) is 4.08. The van der Waals surface area contributed by atoms with Crippen LogP contribution in [0.5, 0.6) is 0 Å². The van der Waals surface area contributed by atoms with E-state index >= 15 is 0 Å². The molecule has 12 heavy (non-hydrogen) atoms. The van der Waals surface area contributed by atoms with E-state index in [-0.39, 0.29) is 0 Å². The van der Waals surface area contributed by atoms with Crippen molar-refractivity contribution in [1.82, 2.24) is 5.32 Å². The minimum absolute atomic E-state index is 1.02. The van der Waals surface area contributed by atoms with Gasteiger partial charge in [-0.1, -0.05) is 0 Å². The summed E-state index contributed by atoms with van der Waals surface area (Å²) in [7, 11) is 0. The second-order valence-corrected chi connectivity index (χ2v) is 5.41. The van der Waals surface area contributed by atoms with Gasteiger partial charge in [-0.05, 0) is 56.9 Å². The Morgan fingerprint density at radius 3 is 2.83 bits per heavy atom. The van der Waals surface area contributed by atoms with Crippen molar-refractivity contribution in [3.8, 4) is 0 Å². The third-order valence-electron chi connectivity index (χ3n) is 2.79. The summed E-state index contributed by atoms with van der Waals surface area (Å²) in [6.45, 7) is 2.51. The summed E-state index contributed by atoms with van der Waals surface area (Å²) >= 11 is 2.23. The van der Waals surface area contributed by atoms with E-state index in [9.17, 15) is 0 Å². The van der Waals surface area contributed by atoms with E-state index in [1.165, 1.54) is 50.9 Å². The van der Waals surface area contributed by atoms with Crippen molar-refractivity contribution < 1.29 is 0 Å². The van der Waals surface area contributed by atoms with Crippen LogP contribution in [-0.2, 0) is 0 Å².